The number of nitrogens with two attached hydrogens (primary N) is 1. The number of hydrogen-bond acceptors (Lipinski definition) is 4. The minimum Gasteiger partial charge on any atom is -0.364 e. The fourth-order valence-corrected chi connectivity index (χ4v) is 2.43. The van der Waals surface area contributed by atoms with Crippen LogP contribution in [0.25, 0.3) is 0 Å². The molecule has 1 aromatic heterocycles. The Kier molecular flexibility index (Phi) is 4.87. The highest BCUT2D eigenvalue weighted by atomic mass is 16.1. The predicted molar refractivity (Wildman–Crippen MR) is 75.0 cm³/mol. The first kappa shape index (κ1) is 14.0. The molecule has 0 aliphatic carbocycles. The van der Waals surface area contributed by atoms with Crippen molar-refractivity contribution < 1.29 is 4.79 Å². The molecule has 0 atom stereocenters. The Morgan fingerprint density at radius 1 is 1.37 bits per heavy atom. The molecule has 1 amide bonds. The second-order valence-electron chi connectivity index (χ2n) is 5.12. The number of rotatable bonds is 5. The lowest BCUT2D eigenvalue weighted by Crippen LogP contribution is -2.44. The molecule has 1 fully saturated rings. The van der Waals surface area contributed by atoms with Crippen LogP contribution in [0, 0.1) is 0 Å². The first-order chi connectivity index (χ1) is 9.16. The maximum atomic E-state index is 11.3. The summed E-state index contributed by atoms with van der Waals surface area (Å²) >= 11 is 0. The van der Waals surface area contributed by atoms with Gasteiger partial charge in [0, 0.05) is 32.4 Å². The molecule has 5 nitrogen and oxygen atoms in total. The Balaban J connectivity index is 1.81. The largest absolute Gasteiger partial charge is 0.364 e. The van der Waals surface area contributed by atoms with E-state index >= 15 is 0 Å². The van der Waals surface area contributed by atoms with Gasteiger partial charge in [-0.15, -0.1) is 0 Å². The summed E-state index contributed by atoms with van der Waals surface area (Å²) in [5.41, 5.74) is 6.71. The molecule has 1 aliphatic heterocycles. The molecule has 0 aromatic carbocycles. The van der Waals surface area contributed by atoms with E-state index in [1.807, 2.05) is 12.1 Å². The highest BCUT2D eigenvalue weighted by molar-refractivity contribution is 5.92. The number of likely N-dealkylation sites (N-methyl/N-ethyl adjacent to an activating group) is 1. The van der Waals surface area contributed by atoms with E-state index in [1.165, 1.54) is 0 Å². The van der Waals surface area contributed by atoms with Crippen molar-refractivity contribution >= 4 is 5.91 Å². The Labute approximate surface area is 114 Å². The molecule has 2 N–H and O–H groups in total. The van der Waals surface area contributed by atoms with Gasteiger partial charge >= 0.3 is 0 Å². The third-order valence-electron chi connectivity index (χ3n) is 3.64. The van der Waals surface area contributed by atoms with Crippen molar-refractivity contribution in [3.8, 4) is 0 Å². The number of aryl methyl sites for hydroxylation is 1. The molecule has 0 unspecified atom stereocenters. The molecule has 0 radical (unpaired) electrons. The number of aromatic nitrogens is 1. The third kappa shape index (κ3) is 4.01. The first-order valence-corrected chi connectivity index (χ1v) is 6.81. The van der Waals surface area contributed by atoms with E-state index < -0.39 is 5.91 Å². The van der Waals surface area contributed by atoms with Crippen LogP contribution in [0.2, 0.25) is 0 Å². The van der Waals surface area contributed by atoms with E-state index in [0.717, 1.165) is 51.1 Å². The minimum absolute atomic E-state index is 0.417. The van der Waals surface area contributed by atoms with Gasteiger partial charge in [-0.3, -0.25) is 9.78 Å². The molecule has 1 aromatic rings. The van der Waals surface area contributed by atoms with Crippen molar-refractivity contribution in [1.82, 2.24) is 14.8 Å². The van der Waals surface area contributed by atoms with E-state index in [2.05, 4.69) is 21.8 Å². The molecular weight excluding hydrogens is 240 g/mol. The molecule has 0 spiro atoms. The smallest absolute Gasteiger partial charge is 0.267 e. The van der Waals surface area contributed by atoms with Crippen LogP contribution in [0.15, 0.2) is 18.3 Å². The van der Waals surface area contributed by atoms with Crippen LogP contribution in [0.1, 0.15) is 22.5 Å². The fourth-order valence-electron chi connectivity index (χ4n) is 2.43. The van der Waals surface area contributed by atoms with Gasteiger partial charge in [0.15, 0.2) is 0 Å². The lowest BCUT2D eigenvalue weighted by Gasteiger charge is -2.32. The maximum Gasteiger partial charge on any atom is 0.267 e. The van der Waals surface area contributed by atoms with Crippen LogP contribution in [0.4, 0.5) is 0 Å². The molecule has 1 saturated heterocycles. The topological polar surface area (TPSA) is 62.5 Å². The number of carbonyl (C=O) groups excluding carboxylic acids is 1. The average molecular weight is 262 g/mol. The number of carbonyl (C=O) groups is 1. The van der Waals surface area contributed by atoms with E-state index in [0.29, 0.717) is 5.69 Å². The summed E-state index contributed by atoms with van der Waals surface area (Å²) in [5, 5.41) is 0. The maximum absolute atomic E-state index is 11.3. The van der Waals surface area contributed by atoms with Crippen LogP contribution in [-0.4, -0.2) is 60.5 Å². The summed E-state index contributed by atoms with van der Waals surface area (Å²) in [7, 11) is 2.16. The first-order valence-electron chi connectivity index (χ1n) is 6.81. The highest BCUT2D eigenvalue weighted by Crippen LogP contribution is 2.09. The Bertz CT molecular complexity index is 427. The van der Waals surface area contributed by atoms with E-state index in [1.54, 1.807) is 6.20 Å². The summed E-state index contributed by atoms with van der Waals surface area (Å²) in [6.07, 6.45) is 3.51. The molecule has 2 heterocycles. The van der Waals surface area contributed by atoms with Gasteiger partial charge in [0.25, 0.3) is 5.91 Å². The van der Waals surface area contributed by atoms with Gasteiger partial charge in [0.05, 0.1) is 0 Å². The zero-order valence-corrected chi connectivity index (χ0v) is 11.5. The number of pyridine rings is 1. The highest BCUT2D eigenvalue weighted by Gasteiger charge is 2.14. The molecule has 2 rings (SSSR count). The Hall–Kier alpha value is -1.46. The fraction of sp³-hybridized carbons (Fsp3) is 0.571. The predicted octanol–water partition coefficient (Wildman–Crippen LogP) is 0.361. The van der Waals surface area contributed by atoms with Crippen molar-refractivity contribution in [2.24, 2.45) is 5.73 Å². The molecule has 0 saturated carbocycles. The molecule has 0 bridgehead atoms. The van der Waals surface area contributed by atoms with Gasteiger partial charge < -0.3 is 15.5 Å². The van der Waals surface area contributed by atoms with Crippen molar-refractivity contribution in [3.05, 3.63) is 29.6 Å². The lowest BCUT2D eigenvalue weighted by molar-refractivity contribution is 0.0994. The second kappa shape index (κ2) is 6.63. The van der Waals surface area contributed by atoms with Crippen LogP contribution >= 0.6 is 0 Å². The van der Waals surface area contributed by atoms with Crippen molar-refractivity contribution in [1.29, 1.82) is 0 Å². The quantitative estimate of drug-likeness (QED) is 0.832. The lowest BCUT2D eigenvalue weighted by atomic mass is 10.1. The van der Waals surface area contributed by atoms with Gasteiger partial charge in [0.2, 0.25) is 0 Å². The normalized spacial score (nSPS) is 17.5. The van der Waals surface area contributed by atoms with Crippen molar-refractivity contribution in [3.63, 3.8) is 0 Å². The Morgan fingerprint density at radius 3 is 2.79 bits per heavy atom. The molecule has 5 heteroatoms. The van der Waals surface area contributed by atoms with E-state index in [9.17, 15) is 4.79 Å². The zero-order valence-electron chi connectivity index (χ0n) is 11.5. The molecule has 1 aliphatic rings. The third-order valence-corrected chi connectivity index (χ3v) is 3.64. The van der Waals surface area contributed by atoms with Gasteiger partial charge in [-0.2, -0.15) is 0 Å². The van der Waals surface area contributed by atoms with Gasteiger partial charge in [-0.1, -0.05) is 6.07 Å². The number of primary amides is 1. The SMILES string of the molecule is CN1CCN(CCCc2cccnc2C(N)=O)CC1. The summed E-state index contributed by atoms with van der Waals surface area (Å²) in [4.78, 5) is 20.1. The standard InChI is InChI=1S/C14H22N4O/c1-17-8-10-18(11-9-17)7-3-5-12-4-2-6-16-13(12)14(15)19/h2,4,6H,3,5,7-11H2,1H3,(H2,15,19). The number of hydrogen-bond donors (Lipinski definition) is 1. The Morgan fingerprint density at radius 2 is 2.11 bits per heavy atom. The second-order valence-corrected chi connectivity index (χ2v) is 5.12. The number of nitrogens with zero attached hydrogens (tertiary/aromatic N) is 3. The van der Waals surface area contributed by atoms with Crippen LogP contribution < -0.4 is 5.73 Å². The monoisotopic (exact) mass is 262 g/mol. The van der Waals surface area contributed by atoms with E-state index in [-0.39, 0.29) is 0 Å². The van der Waals surface area contributed by atoms with Gasteiger partial charge in [0.1, 0.15) is 5.69 Å². The molecule has 19 heavy (non-hydrogen) atoms. The van der Waals surface area contributed by atoms with Crippen LogP contribution in [0.3, 0.4) is 0 Å². The van der Waals surface area contributed by atoms with Crippen molar-refractivity contribution in [2.45, 2.75) is 12.8 Å². The number of piperazine rings is 1. The van der Waals surface area contributed by atoms with Gasteiger partial charge in [-0.05, 0) is 38.1 Å². The molecule has 104 valence electrons. The van der Waals surface area contributed by atoms with Gasteiger partial charge in [-0.25, -0.2) is 0 Å². The average Bonchev–Trinajstić information content (AvgIpc) is 2.41. The van der Waals surface area contributed by atoms with E-state index in [4.69, 9.17) is 5.73 Å². The zero-order chi connectivity index (χ0) is 13.7. The summed E-state index contributed by atoms with van der Waals surface area (Å²) in [5.74, 6) is -0.435. The molecular formula is C14H22N4O. The van der Waals surface area contributed by atoms with Crippen LogP contribution in [-0.2, 0) is 6.42 Å². The summed E-state index contributed by atoms with van der Waals surface area (Å²) in [6.45, 7) is 5.61. The summed E-state index contributed by atoms with van der Waals surface area (Å²) in [6, 6.07) is 3.80. The van der Waals surface area contributed by atoms with Crippen molar-refractivity contribution in [2.75, 3.05) is 39.8 Å². The minimum atomic E-state index is -0.435. The van der Waals surface area contributed by atoms with Crippen LogP contribution in [0.5, 0.6) is 0 Å². The number of amides is 1. The summed E-state index contributed by atoms with van der Waals surface area (Å²) < 4.78 is 0.